The van der Waals surface area contributed by atoms with E-state index in [1.807, 2.05) is 19.3 Å². The van der Waals surface area contributed by atoms with Crippen molar-refractivity contribution in [3.8, 4) is 0 Å². The number of allylic oxidation sites excluding steroid dienone is 1. The number of piperidine rings is 1. The Kier molecular flexibility index (Phi) is 3.26. The fourth-order valence-electron chi connectivity index (χ4n) is 3.07. The Morgan fingerprint density at radius 2 is 2.19 bits per heavy atom. The molecular weight excluding hydrogens is 198 g/mol. The molecule has 0 aromatic rings. The summed E-state index contributed by atoms with van der Waals surface area (Å²) in [4.78, 5) is 4.13. The van der Waals surface area contributed by atoms with Crippen LogP contribution in [0.4, 0.5) is 0 Å². The van der Waals surface area contributed by atoms with Gasteiger partial charge in [0.05, 0.1) is 0 Å². The highest BCUT2D eigenvalue weighted by Crippen LogP contribution is 2.46. The van der Waals surface area contributed by atoms with Gasteiger partial charge >= 0.3 is 0 Å². The number of rotatable bonds is 2. The van der Waals surface area contributed by atoms with E-state index in [9.17, 15) is 0 Å². The minimum absolute atomic E-state index is 0.139. The average molecular weight is 219 g/mol. The van der Waals surface area contributed by atoms with E-state index in [2.05, 4.69) is 16.9 Å². The van der Waals surface area contributed by atoms with Gasteiger partial charge in [0.2, 0.25) is 0 Å². The van der Waals surface area contributed by atoms with Gasteiger partial charge in [0, 0.05) is 19.3 Å². The molecule has 1 aliphatic heterocycles. The predicted octanol–water partition coefficient (Wildman–Crippen LogP) is 1.27. The number of hydrogen-bond acceptors (Lipinski definition) is 3. The lowest BCUT2D eigenvalue weighted by atomic mass is 9.73. The Morgan fingerprint density at radius 3 is 2.75 bits per heavy atom. The molecule has 1 heterocycles. The zero-order chi connectivity index (χ0) is 11.6. The molecule has 0 aromatic heterocycles. The van der Waals surface area contributed by atoms with E-state index >= 15 is 0 Å². The SMILES string of the molecule is C=CC1=C(C=NC)CC2(CCNCC2)[C@@H]1N. The highest BCUT2D eigenvalue weighted by atomic mass is 14.9. The van der Waals surface area contributed by atoms with Crippen LogP contribution in [0.5, 0.6) is 0 Å². The fraction of sp³-hybridized carbons (Fsp3) is 0.615. The summed E-state index contributed by atoms with van der Waals surface area (Å²) in [5.74, 6) is 0. The maximum absolute atomic E-state index is 6.40. The van der Waals surface area contributed by atoms with Crippen molar-refractivity contribution in [1.82, 2.24) is 5.32 Å². The quantitative estimate of drug-likeness (QED) is 0.687. The van der Waals surface area contributed by atoms with Gasteiger partial charge in [-0.3, -0.25) is 4.99 Å². The van der Waals surface area contributed by atoms with Crippen LogP contribution >= 0.6 is 0 Å². The molecule has 0 unspecified atom stereocenters. The van der Waals surface area contributed by atoms with E-state index in [4.69, 9.17) is 5.73 Å². The van der Waals surface area contributed by atoms with Crippen LogP contribution in [0.1, 0.15) is 19.3 Å². The Labute approximate surface area is 97.5 Å². The summed E-state index contributed by atoms with van der Waals surface area (Å²) >= 11 is 0. The zero-order valence-corrected chi connectivity index (χ0v) is 10.00. The van der Waals surface area contributed by atoms with Gasteiger partial charge < -0.3 is 11.1 Å². The molecule has 3 nitrogen and oxygen atoms in total. The third-order valence-corrected chi connectivity index (χ3v) is 4.01. The molecule has 0 bridgehead atoms. The molecule has 0 amide bonds. The van der Waals surface area contributed by atoms with Gasteiger partial charge in [-0.1, -0.05) is 12.7 Å². The molecule has 0 radical (unpaired) electrons. The van der Waals surface area contributed by atoms with E-state index in [1.165, 1.54) is 11.1 Å². The van der Waals surface area contributed by atoms with Crippen LogP contribution < -0.4 is 11.1 Å². The second-order valence-corrected chi connectivity index (χ2v) is 4.84. The molecule has 16 heavy (non-hydrogen) atoms. The maximum atomic E-state index is 6.40. The van der Waals surface area contributed by atoms with E-state index in [-0.39, 0.29) is 11.5 Å². The van der Waals surface area contributed by atoms with Crippen LogP contribution in [0.3, 0.4) is 0 Å². The third kappa shape index (κ3) is 1.74. The largest absolute Gasteiger partial charge is 0.323 e. The van der Waals surface area contributed by atoms with Crippen molar-refractivity contribution in [1.29, 1.82) is 0 Å². The second kappa shape index (κ2) is 4.52. The molecule has 3 N–H and O–H groups in total. The lowest BCUT2D eigenvalue weighted by Gasteiger charge is -2.38. The van der Waals surface area contributed by atoms with Crippen LogP contribution in [0.25, 0.3) is 0 Å². The molecule has 0 aromatic carbocycles. The van der Waals surface area contributed by atoms with Crippen LogP contribution in [0, 0.1) is 5.41 Å². The smallest absolute Gasteiger partial charge is 0.0359 e. The summed E-state index contributed by atoms with van der Waals surface area (Å²) in [7, 11) is 1.81. The van der Waals surface area contributed by atoms with E-state index in [0.29, 0.717) is 0 Å². The Morgan fingerprint density at radius 1 is 1.50 bits per heavy atom. The van der Waals surface area contributed by atoms with Gasteiger partial charge in [0.1, 0.15) is 0 Å². The maximum Gasteiger partial charge on any atom is 0.0359 e. The highest BCUT2D eigenvalue weighted by Gasteiger charge is 2.44. The minimum atomic E-state index is 0.139. The van der Waals surface area contributed by atoms with Crippen LogP contribution in [0.15, 0.2) is 28.8 Å². The van der Waals surface area contributed by atoms with Crippen molar-refractivity contribution in [2.24, 2.45) is 16.1 Å². The first-order valence-corrected chi connectivity index (χ1v) is 5.97. The normalized spacial score (nSPS) is 29.2. The summed E-state index contributed by atoms with van der Waals surface area (Å²) in [5, 5.41) is 3.40. The molecule has 1 spiro atoms. The summed E-state index contributed by atoms with van der Waals surface area (Å²) in [6.07, 6.45) is 7.25. The monoisotopic (exact) mass is 219 g/mol. The van der Waals surface area contributed by atoms with Gasteiger partial charge in [-0.05, 0) is 48.9 Å². The topological polar surface area (TPSA) is 50.4 Å². The number of aliphatic imine (C=N–C) groups is 1. The predicted molar refractivity (Wildman–Crippen MR) is 68.8 cm³/mol. The Hall–Kier alpha value is -0.930. The minimum Gasteiger partial charge on any atom is -0.323 e. The fourth-order valence-corrected chi connectivity index (χ4v) is 3.07. The first-order chi connectivity index (χ1) is 7.73. The highest BCUT2D eigenvalue weighted by molar-refractivity contribution is 5.82. The Bertz CT molecular complexity index is 335. The van der Waals surface area contributed by atoms with Crippen molar-refractivity contribution in [3.63, 3.8) is 0 Å². The number of nitrogens with zero attached hydrogens (tertiary/aromatic N) is 1. The average Bonchev–Trinajstić information content (AvgIpc) is 2.54. The third-order valence-electron chi connectivity index (χ3n) is 4.01. The van der Waals surface area contributed by atoms with Gasteiger partial charge in [0.15, 0.2) is 0 Å². The van der Waals surface area contributed by atoms with Crippen molar-refractivity contribution in [3.05, 3.63) is 23.8 Å². The molecule has 0 saturated carbocycles. The molecule has 3 heteroatoms. The first kappa shape index (κ1) is 11.6. The number of nitrogens with two attached hydrogens (primary N) is 1. The van der Waals surface area contributed by atoms with Crippen molar-refractivity contribution in [2.45, 2.75) is 25.3 Å². The summed E-state index contributed by atoms with van der Waals surface area (Å²) in [5.41, 5.74) is 9.14. The van der Waals surface area contributed by atoms with Crippen molar-refractivity contribution >= 4 is 6.21 Å². The molecule has 2 aliphatic rings. The molecule has 1 saturated heterocycles. The number of hydrogen-bond donors (Lipinski definition) is 2. The van der Waals surface area contributed by atoms with Gasteiger partial charge in [-0.15, -0.1) is 0 Å². The molecular formula is C13H21N3. The molecule has 1 aliphatic carbocycles. The summed E-state index contributed by atoms with van der Waals surface area (Å²) in [6.45, 7) is 6.04. The van der Waals surface area contributed by atoms with Crippen molar-refractivity contribution in [2.75, 3.05) is 20.1 Å². The summed E-state index contributed by atoms with van der Waals surface area (Å²) in [6, 6.07) is 0.139. The van der Waals surface area contributed by atoms with Gasteiger partial charge in [0.25, 0.3) is 0 Å². The molecule has 2 rings (SSSR count). The molecule has 88 valence electrons. The molecule has 1 fully saturated rings. The second-order valence-electron chi connectivity index (χ2n) is 4.84. The lowest BCUT2D eigenvalue weighted by Crippen LogP contribution is -2.46. The van der Waals surface area contributed by atoms with E-state index in [0.717, 1.165) is 32.4 Å². The van der Waals surface area contributed by atoms with Crippen molar-refractivity contribution < 1.29 is 0 Å². The van der Waals surface area contributed by atoms with Crippen LogP contribution in [0.2, 0.25) is 0 Å². The molecule has 1 atom stereocenters. The van der Waals surface area contributed by atoms with Gasteiger partial charge in [-0.25, -0.2) is 0 Å². The zero-order valence-electron chi connectivity index (χ0n) is 10.00. The van der Waals surface area contributed by atoms with Crippen LogP contribution in [-0.4, -0.2) is 32.4 Å². The lowest BCUT2D eigenvalue weighted by molar-refractivity contribution is 0.191. The van der Waals surface area contributed by atoms with E-state index in [1.54, 1.807) is 0 Å². The first-order valence-electron chi connectivity index (χ1n) is 5.97. The van der Waals surface area contributed by atoms with Gasteiger partial charge in [-0.2, -0.15) is 0 Å². The number of nitrogens with one attached hydrogen (secondary N) is 1. The Balaban J connectivity index is 2.27. The standard InChI is InChI=1S/C13H21N3/c1-3-11-10(9-15-2)8-13(12(11)14)4-6-16-7-5-13/h3,9,12,16H,1,4-8,14H2,2H3/t12-/m1/s1. The summed E-state index contributed by atoms with van der Waals surface area (Å²) < 4.78 is 0. The van der Waals surface area contributed by atoms with E-state index < -0.39 is 0 Å². The van der Waals surface area contributed by atoms with Crippen LogP contribution in [-0.2, 0) is 0 Å².